The summed E-state index contributed by atoms with van der Waals surface area (Å²) in [5, 5.41) is 6.61. The SMILES string of the molecule is CN=C(NCc1ccc(OC)c(OC2CCCC2)c1)NC(C)COC.I. The van der Waals surface area contributed by atoms with Crippen LogP contribution >= 0.6 is 24.0 Å². The second-order valence-corrected chi connectivity index (χ2v) is 6.44. The van der Waals surface area contributed by atoms with E-state index in [1.807, 2.05) is 12.1 Å². The van der Waals surface area contributed by atoms with Crippen LogP contribution in [0.4, 0.5) is 0 Å². The minimum atomic E-state index is 0. The highest BCUT2D eigenvalue weighted by atomic mass is 127. The van der Waals surface area contributed by atoms with E-state index >= 15 is 0 Å². The molecule has 0 aliphatic heterocycles. The molecule has 26 heavy (non-hydrogen) atoms. The lowest BCUT2D eigenvalue weighted by Gasteiger charge is -2.19. The molecule has 2 rings (SSSR count). The average Bonchev–Trinajstić information content (AvgIpc) is 3.12. The van der Waals surface area contributed by atoms with E-state index in [1.54, 1.807) is 21.3 Å². The summed E-state index contributed by atoms with van der Waals surface area (Å²) in [6, 6.07) is 6.24. The van der Waals surface area contributed by atoms with Gasteiger partial charge in [-0.15, -0.1) is 24.0 Å². The van der Waals surface area contributed by atoms with Crippen LogP contribution in [-0.2, 0) is 11.3 Å². The van der Waals surface area contributed by atoms with Gasteiger partial charge in [0.2, 0.25) is 0 Å². The minimum Gasteiger partial charge on any atom is -0.493 e. The van der Waals surface area contributed by atoms with E-state index in [2.05, 4.69) is 28.6 Å². The van der Waals surface area contributed by atoms with Gasteiger partial charge in [-0.2, -0.15) is 0 Å². The number of hydrogen-bond acceptors (Lipinski definition) is 4. The van der Waals surface area contributed by atoms with E-state index in [4.69, 9.17) is 14.2 Å². The first kappa shape index (κ1) is 22.8. The highest BCUT2D eigenvalue weighted by Gasteiger charge is 2.18. The van der Waals surface area contributed by atoms with Crippen molar-refractivity contribution in [1.82, 2.24) is 10.6 Å². The van der Waals surface area contributed by atoms with E-state index in [1.165, 1.54) is 12.8 Å². The normalized spacial score (nSPS) is 15.9. The Bertz CT molecular complexity index is 563. The first-order chi connectivity index (χ1) is 12.2. The molecule has 0 bridgehead atoms. The average molecular weight is 477 g/mol. The summed E-state index contributed by atoms with van der Waals surface area (Å²) in [5.41, 5.74) is 1.12. The van der Waals surface area contributed by atoms with Crippen molar-refractivity contribution in [2.24, 2.45) is 4.99 Å². The monoisotopic (exact) mass is 477 g/mol. The van der Waals surface area contributed by atoms with Gasteiger partial charge in [-0.1, -0.05) is 6.07 Å². The Morgan fingerprint density at radius 1 is 1.23 bits per heavy atom. The van der Waals surface area contributed by atoms with Gasteiger partial charge in [-0.05, 0) is 50.3 Å². The molecule has 0 saturated heterocycles. The largest absolute Gasteiger partial charge is 0.493 e. The van der Waals surface area contributed by atoms with Gasteiger partial charge in [0.1, 0.15) is 0 Å². The van der Waals surface area contributed by atoms with Crippen LogP contribution in [0.5, 0.6) is 11.5 Å². The molecule has 0 spiro atoms. The Balaban J connectivity index is 0.00000338. The number of ether oxygens (including phenoxy) is 3. The van der Waals surface area contributed by atoms with Crippen molar-refractivity contribution >= 4 is 29.9 Å². The van der Waals surface area contributed by atoms with Gasteiger partial charge >= 0.3 is 0 Å². The van der Waals surface area contributed by atoms with Crippen LogP contribution in [0, 0.1) is 0 Å². The van der Waals surface area contributed by atoms with Gasteiger partial charge in [-0.3, -0.25) is 4.99 Å². The molecule has 1 saturated carbocycles. The van der Waals surface area contributed by atoms with Crippen LogP contribution in [-0.4, -0.2) is 46.0 Å². The molecular formula is C19H32IN3O3. The molecule has 1 unspecified atom stereocenters. The molecule has 6 nitrogen and oxygen atoms in total. The van der Waals surface area contributed by atoms with Crippen molar-refractivity contribution in [1.29, 1.82) is 0 Å². The van der Waals surface area contributed by atoms with Crippen molar-refractivity contribution in [3.8, 4) is 11.5 Å². The Hall–Kier alpha value is -1.22. The summed E-state index contributed by atoms with van der Waals surface area (Å²) in [6.07, 6.45) is 5.05. The zero-order valence-corrected chi connectivity index (χ0v) is 18.5. The van der Waals surface area contributed by atoms with Crippen molar-refractivity contribution in [3.63, 3.8) is 0 Å². The number of nitrogens with one attached hydrogen (secondary N) is 2. The zero-order chi connectivity index (χ0) is 18.1. The fraction of sp³-hybridized carbons (Fsp3) is 0.632. The predicted molar refractivity (Wildman–Crippen MR) is 116 cm³/mol. The van der Waals surface area contributed by atoms with Crippen LogP contribution in [0.1, 0.15) is 38.2 Å². The number of rotatable bonds is 8. The fourth-order valence-electron chi connectivity index (χ4n) is 3.01. The Morgan fingerprint density at radius 3 is 2.58 bits per heavy atom. The summed E-state index contributed by atoms with van der Waals surface area (Å²) >= 11 is 0. The van der Waals surface area contributed by atoms with Crippen LogP contribution in [0.25, 0.3) is 0 Å². The van der Waals surface area contributed by atoms with Gasteiger partial charge in [-0.25, -0.2) is 0 Å². The predicted octanol–water partition coefficient (Wildman–Crippen LogP) is 3.33. The topological polar surface area (TPSA) is 64.1 Å². The number of guanidine groups is 1. The Kier molecular flexibility index (Phi) is 10.7. The maximum atomic E-state index is 6.15. The Morgan fingerprint density at radius 2 is 1.96 bits per heavy atom. The molecule has 7 heteroatoms. The number of hydrogen-bond donors (Lipinski definition) is 2. The summed E-state index contributed by atoms with van der Waals surface area (Å²) in [4.78, 5) is 4.25. The van der Waals surface area contributed by atoms with Gasteiger partial charge < -0.3 is 24.8 Å². The summed E-state index contributed by atoms with van der Waals surface area (Å²) in [6.45, 7) is 3.34. The zero-order valence-electron chi connectivity index (χ0n) is 16.2. The van der Waals surface area contributed by atoms with Gasteiger partial charge in [0.15, 0.2) is 17.5 Å². The molecule has 2 N–H and O–H groups in total. The summed E-state index contributed by atoms with van der Waals surface area (Å²) in [5.74, 6) is 2.36. The van der Waals surface area contributed by atoms with E-state index in [0.717, 1.165) is 35.9 Å². The number of halogens is 1. The van der Waals surface area contributed by atoms with E-state index in [0.29, 0.717) is 19.3 Å². The van der Waals surface area contributed by atoms with Crippen LogP contribution in [0.2, 0.25) is 0 Å². The standard InChI is InChI=1S/C19H31N3O3.HI/c1-14(13-23-3)22-19(20-2)21-12-15-9-10-17(24-4)18(11-15)25-16-7-5-6-8-16;/h9-11,14,16H,5-8,12-13H2,1-4H3,(H2,20,21,22);1H. The third-order valence-corrected chi connectivity index (χ3v) is 4.31. The van der Waals surface area contributed by atoms with Crippen LogP contribution < -0.4 is 20.1 Å². The van der Waals surface area contributed by atoms with Crippen molar-refractivity contribution < 1.29 is 14.2 Å². The first-order valence-electron chi connectivity index (χ1n) is 8.96. The molecular weight excluding hydrogens is 445 g/mol. The van der Waals surface area contributed by atoms with E-state index < -0.39 is 0 Å². The molecule has 1 aliphatic carbocycles. The number of aliphatic imine (C=N–C) groups is 1. The Labute approximate surface area is 174 Å². The van der Waals surface area contributed by atoms with Crippen LogP contribution in [0.15, 0.2) is 23.2 Å². The molecule has 0 aromatic heterocycles. The van der Waals surface area contributed by atoms with Crippen molar-refractivity contribution in [2.75, 3.05) is 27.9 Å². The third kappa shape index (κ3) is 7.19. The van der Waals surface area contributed by atoms with Gasteiger partial charge in [0, 0.05) is 26.7 Å². The summed E-state index contributed by atoms with van der Waals surface area (Å²) < 4.78 is 16.7. The van der Waals surface area contributed by atoms with Crippen molar-refractivity contribution in [2.45, 2.75) is 51.3 Å². The molecule has 1 aromatic rings. The van der Waals surface area contributed by atoms with E-state index in [9.17, 15) is 0 Å². The molecule has 1 fully saturated rings. The van der Waals surface area contributed by atoms with Gasteiger partial charge in [0.25, 0.3) is 0 Å². The smallest absolute Gasteiger partial charge is 0.191 e. The molecule has 1 atom stereocenters. The number of methoxy groups -OCH3 is 2. The molecule has 0 radical (unpaired) electrons. The molecule has 1 aromatic carbocycles. The quantitative estimate of drug-likeness (QED) is 0.342. The fourth-order valence-corrected chi connectivity index (χ4v) is 3.01. The highest BCUT2D eigenvalue weighted by molar-refractivity contribution is 14.0. The summed E-state index contributed by atoms with van der Waals surface area (Å²) in [7, 11) is 5.13. The second-order valence-electron chi connectivity index (χ2n) is 6.44. The third-order valence-electron chi connectivity index (χ3n) is 4.31. The molecule has 0 heterocycles. The number of nitrogens with zero attached hydrogens (tertiary/aromatic N) is 1. The lowest BCUT2D eigenvalue weighted by Crippen LogP contribution is -2.43. The first-order valence-corrected chi connectivity index (χ1v) is 8.96. The van der Waals surface area contributed by atoms with E-state index in [-0.39, 0.29) is 30.0 Å². The molecule has 0 amide bonds. The minimum absolute atomic E-state index is 0. The van der Waals surface area contributed by atoms with Gasteiger partial charge in [0.05, 0.1) is 19.8 Å². The maximum absolute atomic E-state index is 6.15. The lowest BCUT2D eigenvalue weighted by molar-refractivity contribution is 0.179. The number of benzene rings is 1. The lowest BCUT2D eigenvalue weighted by atomic mass is 10.2. The maximum Gasteiger partial charge on any atom is 0.191 e. The molecule has 148 valence electrons. The van der Waals surface area contributed by atoms with Crippen LogP contribution in [0.3, 0.4) is 0 Å². The molecule has 1 aliphatic rings. The second kappa shape index (κ2) is 12.2. The van der Waals surface area contributed by atoms with Crippen molar-refractivity contribution in [3.05, 3.63) is 23.8 Å². The highest BCUT2D eigenvalue weighted by Crippen LogP contribution is 2.32.